The second-order valence-electron chi connectivity index (χ2n) is 5.82. The van der Waals surface area contributed by atoms with Crippen molar-refractivity contribution >= 4 is 0 Å². The van der Waals surface area contributed by atoms with E-state index in [-0.39, 0.29) is 11.9 Å². The molecule has 0 aromatic heterocycles. The number of rotatable bonds is 5. The van der Waals surface area contributed by atoms with Crippen LogP contribution < -0.4 is 14.8 Å². The van der Waals surface area contributed by atoms with E-state index in [1.807, 2.05) is 30.3 Å². The average Bonchev–Trinajstić information content (AvgIpc) is 2.64. The molecule has 0 bridgehead atoms. The number of piperazine rings is 1. The van der Waals surface area contributed by atoms with Crippen molar-refractivity contribution < 1.29 is 13.9 Å². The summed E-state index contributed by atoms with van der Waals surface area (Å²) in [6, 6.07) is 12.6. The second-order valence-corrected chi connectivity index (χ2v) is 5.82. The third-order valence-corrected chi connectivity index (χ3v) is 4.44. The fraction of sp³-hybridized carbons (Fsp3) is 0.368. The molecule has 0 saturated carbocycles. The molecular formula is C19H23FN2O2. The van der Waals surface area contributed by atoms with Crippen LogP contribution in [0.1, 0.15) is 17.2 Å². The SMILES string of the molecule is COc1ccc(C(c2ccccc2F)N2CCNCC2)cc1OC. The number of hydrogen-bond acceptors (Lipinski definition) is 4. The lowest BCUT2D eigenvalue weighted by Gasteiger charge is -2.36. The van der Waals surface area contributed by atoms with Gasteiger partial charge in [0.2, 0.25) is 0 Å². The van der Waals surface area contributed by atoms with Crippen molar-refractivity contribution in [3.63, 3.8) is 0 Å². The first-order valence-corrected chi connectivity index (χ1v) is 8.15. The monoisotopic (exact) mass is 330 g/mol. The molecule has 128 valence electrons. The molecule has 2 aromatic carbocycles. The van der Waals surface area contributed by atoms with Gasteiger partial charge in [-0.3, -0.25) is 4.90 Å². The molecular weight excluding hydrogens is 307 g/mol. The fourth-order valence-electron chi connectivity index (χ4n) is 3.25. The Morgan fingerprint density at radius 2 is 1.71 bits per heavy atom. The van der Waals surface area contributed by atoms with Crippen molar-refractivity contribution in [2.75, 3.05) is 40.4 Å². The van der Waals surface area contributed by atoms with E-state index in [4.69, 9.17) is 9.47 Å². The van der Waals surface area contributed by atoms with Crippen molar-refractivity contribution in [3.8, 4) is 11.5 Å². The van der Waals surface area contributed by atoms with Crippen LogP contribution in [0, 0.1) is 5.82 Å². The van der Waals surface area contributed by atoms with Gasteiger partial charge >= 0.3 is 0 Å². The van der Waals surface area contributed by atoms with E-state index in [1.54, 1.807) is 20.3 Å². The Morgan fingerprint density at radius 3 is 2.38 bits per heavy atom. The molecule has 0 amide bonds. The van der Waals surface area contributed by atoms with E-state index >= 15 is 0 Å². The maximum Gasteiger partial charge on any atom is 0.161 e. The normalized spacial score (nSPS) is 16.6. The van der Waals surface area contributed by atoms with Crippen molar-refractivity contribution in [1.82, 2.24) is 10.2 Å². The van der Waals surface area contributed by atoms with Crippen LogP contribution >= 0.6 is 0 Å². The first-order valence-electron chi connectivity index (χ1n) is 8.15. The summed E-state index contributed by atoms with van der Waals surface area (Å²) in [5.74, 6) is 1.15. The molecule has 24 heavy (non-hydrogen) atoms. The van der Waals surface area contributed by atoms with Gasteiger partial charge in [-0.15, -0.1) is 0 Å². The standard InChI is InChI=1S/C19H23FN2O2/c1-23-17-8-7-14(13-18(17)24-2)19(22-11-9-21-10-12-22)15-5-3-4-6-16(15)20/h3-8,13,19,21H,9-12H2,1-2H3. The highest BCUT2D eigenvalue weighted by molar-refractivity contribution is 5.46. The minimum atomic E-state index is -0.184. The molecule has 0 aliphatic carbocycles. The minimum absolute atomic E-state index is 0.145. The summed E-state index contributed by atoms with van der Waals surface area (Å²) < 4.78 is 25.3. The largest absolute Gasteiger partial charge is 0.493 e. The zero-order chi connectivity index (χ0) is 16.9. The predicted octanol–water partition coefficient (Wildman–Crippen LogP) is 2.84. The molecule has 1 unspecified atom stereocenters. The van der Waals surface area contributed by atoms with E-state index < -0.39 is 0 Å². The highest BCUT2D eigenvalue weighted by Gasteiger charge is 2.26. The number of benzene rings is 2. The summed E-state index contributed by atoms with van der Waals surface area (Å²) in [5, 5.41) is 3.35. The second kappa shape index (κ2) is 7.64. The molecule has 1 aliphatic rings. The van der Waals surface area contributed by atoms with Crippen LogP contribution in [0.2, 0.25) is 0 Å². The average molecular weight is 330 g/mol. The number of nitrogens with zero attached hydrogens (tertiary/aromatic N) is 1. The zero-order valence-corrected chi connectivity index (χ0v) is 14.1. The Kier molecular flexibility index (Phi) is 5.33. The van der Waals surface area contributed by atoms with Gasteiger partial charge in [-0.25, -0.2) is 4.39 Å². The highest BCUT2D eigenvalue weighted by Crippen LogP contribution is 2.36. The third-order valence-electron chi connectivity index (χ3n) is 4.44. The van der Waals surface area contributed by atoms with E-state index in [2.05, 4.69) is 10.2 Å². The Bertz CT molecular complexity index is 687. The van der Waals surface area contributed by atoms with Gasteiger partial charge in [-0.2, -0.15) is 0 Å². The lowest BCUT2D eigenvalue weighted by atomic mass is 9.95. The first kappa shape index (κ1) is 16.7. The van der Waals surface area contributed by atoms with Gasteiger partial charge in [-0.05, 0) is 23.8 Å². The number of methoxy groups -OCH3 is 2. The predicted molar refractivity (Wildman–Crippen MR) is 92.2 cm³/mol. The number of nitrogens with one attached hydrogen (secondary N) is 1. The quantitative estimate of drug-likeness (QED) is 0.914. The maximum atomic E-state index is 14.5. The third kappa shape index (κ3) is 3.37. The molecule has 3 rings (SSSR count). The molecule has 1 heterocycles. The first-order chi connectivity index (χ1) is 11.7. The summed E-state index contributed by atoms with van der Waals surface area (Å²) in [4.78, 5) is 2.30. The lowest BCUT2D eigenvalue weighted by Crippen LogP contribution is -2.45. The van der Waals surface area contributed by atoms with Crippen LogP contribution in [0.5, 0.6) is 11.5 Å². The zero-order valence-electron chi connectivity index (χ0n) is 14.1. The van der Waals surface area contributed by atoms with Crippen LogP contribution in [0.15, 0.2) is 42.5 Å². The van der Waals surface area contributed by atoms with Gasteiger partial charge in [0.05, 0.1) is 20.3 Å². The summed E-state index contributed by atoms with van der Waals surface area (Å²) in [6.45, 7) is 3.54. The number of hydrogen-bond donors (Lipinski definition) is 1. The van der Waals surface area contributed by atoms with Gasteiger partial charge in [0.1, 0.15) is 5.82 Å². The Labute approximate surface area is 142 Å². The van der Waals surface area contributed by atoms with Crippen LogP contribution in [-0.2, 0) is 0 Å². The van der Waals surface area contributed by atoms with Gasteiger partial charge in [0.15, 0.2) is 11.5 Å². The molecule has 0 spiro atoms. The molecule has 1 atom stereocenters. The molecule has 1 aliphatic heterocycles. The van der Waals surface area contributed by atoms with Crippen LogP contribution in [0.3, 0.4) is 0 Å². The van der Waals surface area contributed by atoms with Gasteiger partial charge in [0, 0.05) is 31.7 Å². The van der Waals surface area contributed by atoms with Crippen molar-refractivity contribution in [1.29, 1.82) is 0 Å². The fourth-order valence-corrected chi connectivity index (χ4v) is 3.25. The summed E-state index contributed by atoms with van der Waals surface area (Å²) in [6.07, 6.45) is 0. The van der Waals surface area contributed by atoms with Crippen molar-refractivity contribution in [2.45, 2.75) is 6.04 Å². The maximum absolute atomic E-state index is 14.5. The minimum Gasteiger partial charge on any atom is -0.493 e. The lowest BCUT2D eigenvalue weighted by molar-refractivity contribution is 0.195. The summed E-state index contributed by atoms with van der Waals surface area (Å²) in [7, 11) is 3.23. The Morgan fingerprint density at radius 1 is 1.00 bits per heavy atom. The van der Waals surface area contributed by atoms with Crippen LogP contribution in [0.4, 0.5) is 4.39 Å². The van der Waals surface area contributed by atoms with E-state index in [1.165, 1.54) is 6.07 Å². The Balaban J connectivity index is 2.06. The topological polar surface area (TPSA) is 33.7 Å². The van der Waals surface area contributed by atoms with E-state index in [0.717, 1.165) is 31.7 Å². The Hall–Kier alpha value is -2.11. The molecule has 1 saturated heterocycles. The molecule has 0 radical (unpaired) electrons. The molecule has 1 N–H and O–H groups in total. The van der Waals surface area contributed by atoms with Crippen molar-refractivity contribution in [2.24, 2.45) is 0 Å². The summed E-state index contributed by atoms with van der Waals surface area (Å²) >= 11 is 0. The number of ether oxygens (including phenoxy) is 2. The molecule has 1 fully saturated rings. The van der Waals surface area contributed by atoms with E-state index in [0.29, 0.717) is 17.1 Å². The highest BCUT2D eigenvalue weighted by atomic mass is 19.1. The van der Waals surface area contributed by atoms with Gasteiger partial charge < -0.3 is 14.8 Å². The van der Waals surface area contributed by atoms with Gasteiger partial charge in [0.25, 0.3) is 0 Å². The van der Waals surface area contributed by atoms with Crippen molar-refractivity contribution in [3.05, 3.63) is 59.4 Å². The molecule has 2 aromatic rings. The molecule has 4 nitrogen and oxygen atoms in total. The van der Waals surface area contributed by atoms with E-state index in [9.17, 15) is 4.39 Å². The van der Waals surface area contributed by atoms with Crippen LogP contribution in [0.25, 0.3) is 0 Å². The number of halogens is 1. The smallest absolute Gasteiger partial charge is 0.161 e. The van der Waals surface area contributed by atoms with Crippen LogP contribution in [-0.4, -0.2) is 45.3 Å². The van der Waals surface area contributed by atoms with Gasteiger partial charge in [-0.1, -0.05) is 24.3 Å². The summed E-state index contributed by atoms with van der Waals surface area (Å²) in [5.41, 5.74) is 1.69. The molecule has 5 heteroatoms.